The monoisotopic (exact) mass is 140 g/mol. The van der Waals surface area contributed by atoms with Crippen LogP contribution in [0.3, 0.4) is 0 Å². The fraction of sp³-hybridized carbons (Fsp3) is 0.333. The van der Waals surface area contributed by atoms with Gasteiger partial charge in [0.25, 0.3) is 5.91 Å². The highest BCUT2D eigenvalue weighted by Gasteiger charge is 2.07. The van der Waals surface area contributed by atoms with E-state index in [-0.39, 0.29) is 11.3 Å². The number of rotatable bonds is 2. The SMILES string of the molecule is CO/C(C)=C(/C#N)C(N)=O. The second-order valence-corrected chi connectivity index (χ2v) is 1.61. The van der Waals surface area contributed by atoms with E-state index in [0.717, 1.165) is 0 Å². The molecule has 0 bridgehead atoms. The van der Waals surface area contributed by atoms with E-state index in [4.69, 9.17) is 11.0 Å². The number of methoxy groups -OCH3 is 1. The zero-order valence-electron chi connectivity index (χ0n) is 5.84. The average Bonchev–Trinajstić information content (AvgIpc) is 1.88. The van der Waals surface area contributed by atoms with Crippen LogP contribution in [0, 0.1) is 11.3 Å². The third-order valence-corrected chi connectivity index (χ3v) is 1.02. The first-order valence-corrected chi connectivity index (χ1v) is 2.58. The summed E-state index contributed by atoms with van der Waals surface area (Å²) in [5.41, 5.74) is 4.69. The molecule has 0 rings (SSSR count). The summed E-state index contributed by atoms with van der Waals surface area (Å²) in [7, 11) is 1.37. The number of hydrogen-bond donors (Lipinski definition) is 1. The van der Waals surface area contributed by atoms with Crippen molar-refractivity contribution in [2.75, 3.05) is 7.11 Å². The highest BCUT2D eigenvalue weighted by Crippen LogP contribution is 2.01. The maximum atomic E-state index is 10.4. The van der Waals surface area contributed by atoms with Crippen molar-refractivity contribution in [1.29, 1.82) is 5.26 Å². The number of carbonyl (C=O) groups excluding carboxylic acids is 1. The van der Waals surface area contributed by atoms with E-state index >= 15 is 0 Å². The van der Waals surface area contributed by atoms with Gasteiger partial charge in [-0.15, -0.1) is 0 Å². The van der Waals surface area contributed by atoms with Crippen molar-refractivity contribution < 1.29 is 9.53 Å². The third-order valence-electron chi connectivity index (χ3n) is 1.02. The third kappa shape index (κ3) is 1.78. The Labute approximate surface area is 58.9 Å². The summed E-state index contributed by atoms with van der Waals surface area (Å²) >= 11 is 0. The van der Waals surface area contributed by atoms with E-state index in [9.17, 15) is 4.79 Å². The minimum atomic E-state index is -0.762. The normalized spacial score (nSPS) is 11.3. The molecule has 0 aliphatic carbocycles. The highest BCUT2D eigenvalue weighted by molar-refractivity contribution is 5.96. The van der Waals surface area contributed by atoms with Crippen molar-refractivity contribution >= 4 is 5.91 Å². The van der Waals surface area contributed by atoms with Crippen LogP contribution in [-0.4, -0.2) is 13.0 Å². The molecule has 0 aromatic heterocycles. The first-order valence-electron chi connectivity index (χ1n) is 2.58. The molecule has 0 aromatic carbocycles. The van der Waals surface area contributed by atoms with Crippen LogP contribution in [0.25, 0.3) is 0 Å². The molecule has 0 fully saturated rings. The van der Waals surface area contributed by atoms with Gasteiger partial charge < -0.3 is 10.5 Å². The topological polar surface area (TPSA) is 76.1 Å². The lowest BCUT2D eigenvalue weighted by atomic mass is 10.2. The summed E-state index contributed by atoms with van der Waals surface area (Å²) in [6.07, 6.45) is 0. The molecule has 0 radical (unpaired) electrons. The molecular weight excluding hydrogens is 132 g/mol. The van der Waals surface area contributed by atoms with Gasteiger partial charge in [0.15, 0.2) is 5.57 Å². The van der Waals surface area contributed by atoms with Gasteiger partial charge in [-0.2, -0.15) is 5.26 Å². The molecule has 10 heavy (non-hydrogen) atoms. The molecule has 0 aliphatic rings. The van der Waals surface area contributed by atoms with E-state index in [1.165, 1.54) is 14.0 Å². The van der Waals surface area contributed by atoms with E-state index < -0.39 is 5.91 Å². The molecule has 54 valence electrons. The van der Waals surface area contributed by atoms with Gasteiger partial charge in [-0.25, -0.2) is 0 Å². The van der Waals surface area contributed by atoms with Crippen LogP contribution in [0.15, 0.2) is 11.3 Å². The summed E-state index contributed by atoms with van der Waals surface area (Å²) in [4.78, 5) is 10.4. The molecule has 0 saturated carbocycles. The van der Waals surface area contributed by atoms with Crippen LogP contribution in [-0.2, 0) is 9.53 Å². The molecule has 4 heteroatoms. The van der Waals surface area contributed by atoms with Gasteiger partial charge in [0, 0.05) is 0 Å². The van der Waals surface area contributed by atoms with Crippen LogP contribution in [0.1, 0.15) is 6.92 Å². The number of nitrogens with zero attached hydrogens (tertiary/aromatic N) is 1. The van der Waals surface area contributed by atoms with E-state index in [2.05, 4.69) is 4.74 Å². The largest absolute Gasteiger partial charge is 0.500 e. The number of primary amides is 1. The lowest BCUT2D eigenvalue weighted by Gasteiger charge is -1.98. The molecule has 0 spiro atoms. The zero-order chi connectivity index (χ0) is 8.15. The number of carbonyl (C=O) groups is 1. The summed E-state index contributed by atoms with van der Waals surface area (Å²) in [6.45, 7) is 1.50. The van der Waals surface area contributed by atoms with Crippen molar-refractivity contribution in [3.63, 3.8) is 0 Å². The molecule has 0 aromatic rings. The Morgan fingerprint density at radius 2 is 2.20 bits per heavy atom. The highest BCUT2D eigenvalue weighted by atomic mass is 16.5. The summed E-state index contributed by atoms with van der Waals surface area (Å²) in [5.74, 6) is -0.517. The maximum absolute atomic E-state index is 10.4. The van der Waals surface area contributed by atoms with Crippen molar-refractivity contribution in [2.24, 2.45) is 5.73 Å². The van der Waals surface area contributed by atoms with Crippen molar-refractivity contribution in [3.05, 3.63) is 11.3 Å². The minimum Gasteiger partial charge on any atom is -0.500 e. The van der Waals surface area contributed by atoms with Crippen LogP contribution in [0.4, 0.5) is 0 Å². The number of amides is 1. The Hall–Kier alpha value is -1.50. The fourth-order valence-electron chi connectivity index (χ4n) is 0.409. The molecule has 0 aliphatic heterocycles. The number of nitriles is 1. The second kappa shape index (κ2) is 3.51. The summed E-state index contributed by atoms with van der Waals surface area (Å²) < 4.78 is 4.62. The lowest BCUT2D eigenvalue weighted by Crippen LogP contribution is -2.14. The fourth-order valence-corrected chi connectivity index (χ4v) is 0.409. The maximum Gasteiger partial charge on any atom is 0.262 e. The van der Waals surface area contributed by atoms with Crippen molar-refractivity contribution in [3.8, 4) is 6.07 Å². The Bertz CT molecular complexity index is 212. The van der Waals surface area contributed by atoms with E-state index in [1.54, 1.807) is 6.07 Å². The molecule has 4 nitrogen and oxygen atoms in total. The van der Waals surface area contributed by atoms with Crippen molar-refractivity contribution in [1.82, 2.24) is 0 Å². The summed E-state index contributed by atoms with van der Waals surface area (Å²) in [5, 5.41) is 8.31. The Morgan fingerprint density at radius 3 is 2.30 bits per heavy atom. The molecular formula is C6H8N2O2. The van der Waals surface area contributed by atoms with E-state index in [1.807, 2.05) is 0 Å². The first kappa shape index (κ1) is 8.50. The van der Waals surface area contributed by atoms with Gasteiger partial charge in [0.05, 0.1) is 7.11 Å². The van der Waals surface area contributed by atoms with Gasteiger partial charge in [0.2, 0.25) is 0 Å². The molecule has 0 unspecified atom stereocenters. The lowest BCUT2D eigenvalue weighted by molar-refractivity contribution is -0.114. The number of nitrogens with two attached hydrogens (primary N) is 1. The van der Waals surface area contributed by atoms with Gasteiger partial charge in [-0.3, -0.25) is 4.79 Å². The Morgan fingerprint density at radius 1 is 1.70 bits per heavy atom. The summed E-state index contributed by atoms with van der Waals surface area (Å²) in [6, 6.07) is 1.63. The van der Waals surface area contributed by atoms with Crippen LogP contribution >= 0.6 is 0 Å². The van der Waals surface area contributed by atoms with Gasteiger partial charge in [0.1, 0.15) is 11.8 Å². The Balaban J connectivity index is 4.68. The predicted octanol–water partition coefficient (Wildman–Crippen LogP) is -0.0843. The second-order valence-electron chi connectivity index (χ2n) is 1.61. The molecule has 0 heterocycles. The molecule has 1 amide bonds. The molecule has 0 saturated heterocycles. The first-order chi connectivity index (χ1) is 4.63. The van der Waals surface area contributed by atoms with Gasteiger partial charge >= 0.3 is 0 Å². The van der Waals surface area contributed by atoms with Gasteiger partial charge in [-0.05, 0) is 6.92 Å². The van der Waals surface area contributed by atoms with Crippen LogP contribution in [0.2, 0.25) is 0 Å². The van der Waals surface area contributed by atoms with Crippen LogP contribution in [0.5, 0.6) is 0 Å². The minimum absolute atomic E-state index is 0.137. The van der Waals surface area contributed by atoms with Gasteiger partial charge in [-0.1, -0.05) is 0 Å². The standard InChI is InChI=1S/C6H8N2O2/c1-4(10-2)5(3-7)6(8)9/h1-2H3,(H2,8,9)/b5-4-. The predicted molar refractivity (Wildman–Crippen MR) is 34.5 cm³/mol. The van der Waals surface area contributed by atoms with Crippen LogP contribution < -0.4 is 5.73 Å². The van der Waals surface area contributed by atoms with E-state index in [0.29, 0.717) is 0 Å². The molecule has 2 N–H and O–H groups in total. The zero-order valence-corrected chi connectivity index (χ0v) is 5.84. The number of hydrogen-bond acceptors (Lipinski definition) is 3. The average molecular weight is 140 g/mol. The Kier molecular flexibility index (Phi) is 2.98. The smallest absolute Gasteiger partial charge is 0.262 e. The number of allylic oxidation sites excluding steroid dienone is 1. The quantitative estimate of drug-likeness (QED) is 0.331. The van der Waals surface area contributed by atoms with Crippen molar-refractivity contribution in [2.45, 2.75) is 6.92 Å². The molecule has 0 atom stereocenters. The number of ether oxygens (including phenoxy) is 1.